The van der Waals surface area contributed by atoms with Crippen LogP contribution in [0.4, 0.5) is 0 Å². The van der Waals surface area contributed by atoms with Crippen LogP contribution in [0.3, 0.4) is 0 Å². The van der Waals surface area contributed by atoms with E-state index in [0.29, 0.717) is 18.0 Å². The molecule has 0 bridgehead atoms. The van der Waals surface area contributed by atoms with E-state index in [0.717, 1.165) is 47.6 Å². The van der Waals surface area contributed by atoms with E-state index < -0.39 is 10.0 Å². The first-order chi connectivity index (χ1) is 13.7. The van der Waals surface area contributed by atoms with Crippen LogP contribution >= 0.6 is 0 Å². The first kappa shape index (κ1) is 21.8. The smallest absolute Gasteiger partial charge is 0.243 e. The highest BCUT2D eigenvalue weighted by atomic mass is 32.2. The predicted molar refractivity (Wildman–Crippen MR) is 117 cm³/mol. The third-order valence-electron chi connectivity index (χ3n) is 6.40. The van der Waals surface area contributed by atoms with E-state index in [1.54, 1.807) is 11.4 Å². The number of rotatable bonds is 5. The van der Waals surface area contributed by atoms with Crippen molar-refractivity contribution in [3.05, 3.63) is 57.6 Å². The zero-order valence-electron chi connectivity index (χ0n) is 18.4. The van der Waals surface area contributed by atoms with E-state index in [2.05, 4.69) is 17.9 Å². The summed E-state index contributed by atoms with van der Waals surface area (Å²) in [6.45, 7) is 13.2. The Kier molecular flexibility index (Phi) is 6.36. The van der Waals surface area contributed by atoms with Crippen LogP contribution in [-0.2, 0) is 16.6 Å². The summed E-state index contributed by atoms with van der Waals surface area (Å²) in [6.07, 6.45) is 0. The molecule has 0 saturated carbocycles. The third kappa shape index (κ3) is 4.20. The minimum atomic E-state index is -3.51. The van der Waals surface area contributed by atoms with Crippen molar-refractivity contribution in [2.75, 3.05) is 33.3 Å². The molecule has 0 amide bonds. The van der Waals surface area contributed by atoms with Crippen LogP contribution in [0.2, 0.25) is 0 Å². The topological polar surface area (TPSA) is 49.9 Å². The average Bonchev–Trinajstić information content (AvgIpc) is 2.71. The summed E-state index contributed by atoms with van der Waals surface area (Å²) in [7, 11) is -1.84. The Hall–Kier alpha value is -1.89. The molecule has 6 heteroatoms. The number of sulfonamides is 1. The minimum Gasteiger partial charge on any atom is -0.497 e. The highest BCUT2D eigenvalue weighted by molar-refractivity contribution is 7.89. The molecule has 1 aliphatic rings. The molecule has 0 aromatic heterocycles. The maximum absolute atomic E-state index is 13.5. The molecule has 0 spiro atoms. The quantitative estimate of drug-likeness (QED) is 0.745. The van der Waals surface area contributed by atoms with Crippen LogP contribution in [0.1, 0.15) is 33.4 Å². The normalized spacial score (nSPS) is 16.2. The third-order valence-corrected chi connectivity index (χ3v) is 8.57. The molecule has 2 aromatic rings. The van der Waals surface area contributed by atoms with Gasteiger partial charge in [0.25, 0.3) is 0 Å². The largest absolute Gasteiger partial charge is 0.497 e. The molecule has 5 nitrogen and oxygen atoms in total. The lowest BCUT2D eigenvalue weighted by atomic mass is 9.95. The Morgan fingerprint density at radius 1 is 0.862 bits per heavy atom. The van der Waals surface area contributed by atoms with Gasteiger partial charge in [0, 0.05) is 32.7 Å². The maximum Gasteiger partial charge on any atom is 0.243 e. The number of nitrogens with zero attached hydrogens (tertiary/aromatic N) is 2. The van der Waals surface area contributed by atoms with Crippen molar-refractivity contribution in [2.24, 2.45) is 0 Å². The second-order valence-corrected chi connectivity index (χ2v) is 9.86. The Labute approximate surface area is 175 Å². The van der Waals surface area contributed by atoms with Crippen LogP contribution in [-0.4, -0.2) is 50.9 Å². The van der Waals surface area contributed by atoms with Crippen LogP contribution in [0.5, 0.6) is 5.75 Å². The van der Waals surface area contributed by atoms with Crippen LogP contribution in [0, 0.1) is 34.6 Å². The molecule has 3 rings (SSSR count). The first-order valence-corrected chi connectivity index (χ1v) is 11.5. The van der Waals surface area contributed by atoms with Crippen molar-refractivity contribution in [1.82, 2.24) is 9.21 Å². The maximum atomic E-state index is 13.5. The molecule has 0 radical (unpaired) electrons. The number of hydrogen-bond acceptors (Lipinski definition) is 4. The number of methoxy groups -OCH3 is 1. The van der Waals surface area contributed by atoms with Gasteiger partial charge in [0.15, 0.2) is 0 Å². The summed E-state index contributed by atoms with van der Waals surface area (Å²) in [6, 6.07) is 8.04. The van der Waals surface area contributed by atoms with Gasteiger partial charge in [-0.15, -0.1) is 0 Å². The Morgan fingerprint density at radius 3 is 1.97 bits per heavy atom. The van der Waals surface area contributed by atoms with Crippen molar-refractivity contribution >= 4 is 10.0 Å². The molecule has 1 fully saturated rings. The molecule has 1 saturated heterocycles. The van der Waals surface area contributed by atoms with E-state index >= 15 is 0 Å². The van der Waals surface area contributed by atoms with Gasteiger partial charge in [-0.25, -0.2) is 8.42 Å². The molecule has 1 aliphatic heterocycles. The zero-order valence-corrected chi connectivity index (χ0v) is 19.2. The molecule has 0 unspecified atom stereocenters. The molecule has 0 N–H and O–H groups in total. The zero-order chi connectivity index (χ0) is 21.3. The summed E-state index contributed by atoms with van der Waals surface area (Å²) in [5, 5.41) is 0. The second-order valence-electron chi connectivity index (χ2n) is 7.99. The molecular formula is C23H32N2O3S. The number of benzene rings is 2. The fraction of sp³-hybridized carbons (Fsp3) is 0.478. The number of hydrogen-bond donors (Lipinski definition) is 0. The summed E-state index contributed by atoms with van der Waals surface area (Å²) in [5.74, 6) is 0.847. The summed E-state index contributed by atoms with van der Waals surface area (Å²) < 4.78 is 33.9. The van der Waals surface area contributed by atoms with E-state index in [1.165, 1.54) is 11.1 Å². The highest BCUT2D eigenvalue weighted by Gasteiger charge is 2.32. The van der Waals surface area contributed by atoms with Crippen molar-refractivity contribution < 1.29 is 13.2 Å². The fourth-order valence-electron chi connectivity index (χ4n) is 4.14. The van der Waals surface area contributed by atoms with E-state index in [4.69, 9.17) is 4.74 Å². The molecular weight excluding hydrogens is 384 g/mol. The molecule has 0 atom stereocenters. The van der Waals surface area contributed by atoms with E-state index in [9.17, 15) is 8.42 Å². The molecule has 29 heavy (non-hydrogen) atoms. The van der Waals surface area contributed by atoms with Gasteiger partial charge in [-0.05, 0) is 80.1 Å². The molecule has 1 heterocycles. The summed E-state index contributed by atoms with van der Waals surface area (Å²) >= 11 is 0. The van der Waals surface area contributed by atoms with Crippen molar-refractivity contribution in [3.63, 3.8) is 0 Å². The Balaban J connectivity index is 1.77. The van der Waals surface area contributed by atoms with Gasteiger partial charge in [0.2, 0.25) is 10.0 Å². The molecule has 2 aromatic carbocycles. The van der Waals surface area contributed by atoms with Gasteiger partial charge >= 0.3 is 0 Å². The standard InChI is InChI=1S/C23H32N2O3S/c1-16-17(2)19(4)23(20(5)18(16)3)29(26,27)25-12-10-24(11-13-25)15-21-8-7-9-22(14-21)28-6/h7-9,14H,10-13,15H2,1-6H3. The SMILES string of the molecule is COc1cccc(CN2CCN(S(=O)(=O)c3c(C)c(C)c(C)c(C)c3C)CC2)c1. The number of ether oxygens (including phenoxy) is 1. The van der Waals surface area contributed by atoms with Crippen molar-refractivity contribution in [3.8, 4) is 5.75 Å². The highest BCUT2D eigenvalue weighted by Crippen LogP contribution is 2.32. The predicted octanol–water partition coefficient (Wildman–Crippen LogP) is 3.74. The van der Waals surface area contributed by atoms with E-state index in [-0.39, 0.29) is 0 Å². The van der Waals surface area contributed by atoms with Gasteiger partial charge in [-0.1, -0.05) is 12.1 Å². The Morgan fingerprint density at radius 2 is 1.41 bits per heavy atom. The van der Waals surface area contributed by atoms with Gasteiger partial charge in [0.1, 0.15) is 5.75 Å². The summed E-state index contributed by atoms with van der Waals surface area (Å²) in [4.78, 5) is 2.80. The molecule has 158 valence electrons. The lowest BCUT2D eigenvalue weighted by Gasteiger charge is -2.35. The molecule has 0 aliphatic carbocycles. The van der Waals surface area contributed by atoms with Gasteiger partial charge in [0.05, 0.1) is 12.0 Å². The van der Waals surface area contributed by atoms with E-state index in [1.807, 2.05) is 45.9 Å². The van der Waals surface area contributed by atoms with Gasteiger partial charge in [-0.3, -0.25) is 4.90 Å². The van der Waals surface area contributed by atoms with Crippen molar-refractivity contribution in [2.45, 2.75) is 46.1 Å². The average molecular weight is 417 g/mol. The summed E-state index contributed by atoms with van der Waals surface area (Å²) in [5.41, 5.74) is 6.26. The number of piperazine rings is 1. The van der Waals surface area contributed by atoms with Gasteiger partial charge in [-0.2, -0.15) is 4.31 Å². The van der Waals surface area contributed by atoms with Crippen LogP contribution in [0.25, 0.3) is 0 Å². The van der Waals surface area contributed by atoms with Crippen LogP contribution in [0.15, 0.2) is 29.2 Å². The van der Waals surface area contributed by atoms with Crippen LogP contribution < -0.4 is 4.74 Å². The lowest BCUT2D eigenvalue weighted by Crippen LogP contribution is -2.48. The second kappa shape index (κ2) is 8.46. The fourth-order valence-corrected chi connectivity index (χ4v) is 6.12. The Bertz CT molecular complexity index is 978. The first-order valence-electron chi connectivity index (χ1n) is 10.1. The minimum absolute atomic E-state index is 0.499. The monoisotopic (exact) mass is 416 g/mol. The van der Waals surface area contributed by atoms with Gasteiger partial charge < -0.3 is 4.74 Å². The lowest BCUT2D eigenvalue weighted by molar-refractivity contribution is 0.181. The van der Waals surface area contributed by atoms with Crippen molar-refractivity contribution in [1.29, 1.82) is 0 Å².